The van der Waals surface area contributed by atoms with Crippen molar-refractivity contribution in [3.05, 3.63) is 26.6 Å². The second-order valence-corrected chi connectivity index (χ2v) is 9.67. The van der Waals surface area contributed by atoms with E-state index in [1.165, 1.54) is 30.6 Å². The highest BCUT2D eigenvalue weighted by Gasteiger charge is 2.28. The third-order valence-corrected chi connectivity index (χ3v) is 9.04. The van der Waals surface area contributed by atoms with Gasteiger partial charge in [0.15, 0.2) is 0 Å². The van der Waals surface area contributed by atoms with Gasteiger partial charge in [-0.05, 0) is 47.3 Å². The minimum atomic E-state index is 1.32. The van der Waals surface area contributed by atoms with Crippen molar-refractivity contribution in [2.75, 3.05) is 0 Å². The molecule has 0 radical (unpaired) electrons. The Labute approximate surface area is 114 Å². The van der Waals surface area contributed by atoms with Gasteiger partial charge in [-0.15, -0.1) is 0 Å². The molecule has 1 aliphatic carbocycles. The molecule has 14 heavy (non-hydrogen) atoms. The molecule has 0 nitrogen and oxygen atoms in total. The Morgan fingerprint density at radius 3 is 2.29 bits per heavy atom. The fraction of sp³-hybridized carbons (Fsp3) is 0.333. The van der Waals surface area contributed by atoms with Gasteiger partial charge >= 0.3 is 0 Å². The zero-order chi connectivity index (χ0) is 9.54. The van der Waals surface area contributed by atoms with Crippen LogP contribution in [0.25, 0.3) is 0 Å². The van der Waals surface area contributed by atoms with Crippen molar-refractivity contribution in [3.8, 4) is 0 Å². The highest BCUT2D eigenvalue weighted by Crippen LogP contribution is 2.61. The first-order valence-corrected chi connectivity index (χ1v) is 8.76. The Kier molecular flexibility index (Phi) is 3.24. The van der Waals surface area contributed by atoms with Crippen LogP contribution in [-0.4, -0.2) is 0 Å². The smallest absolute Gasteiger partial charge is 0.0705 e. The summed E-state index contributed by atoms with van der Waals surface area (Å²) in [5, 5.41) is 2.25. The molecule has 3 rings (SSSR count). The summed E-state index contributed by atoms with van der Waals surface area (Å²) in [6.07, 6.45) is 4.02. The summed E-state index contributed by atoms with van der Waals surface area (Å²) < 4.78 is 4.44. The molecule has 0 fully saturated rings. The fourth-order valence-corrected chi connectivity index (χ4v) is 8.15. The Hall–Kier alpha value is 1.35. The average Bonchev–Trinajstić information content (AvgIpc) is 2.75. The normalized spacial score (nSPS) is 26.2. The molecule has 0 amide bonds. The minimum absolute atomic E-state index is 1.32. The van der Waals surface area contributed by atoms with E-state index in [1.807, 2.05) is 47.0 Å². The van der Waals surface area contributed by atoms with E-state index in [9.17, 15) is 0 Å². The van der Waals surface area contributed by atoms with Crippen LogP contribution in [0.1, 0.15) is 19.3 Å². The molecule has 0 spiro atoms. The summed E-state index contributed by atoms with van der Waals surface area (Å²) >= 11 is 10.3. The second-order valence-electron chi connectivity index (χ2n) is 3.12. The first kappa shape index (κ1) is 10.5. The standard InChI is InChI=1S/C9H7IS4/c10-7-4-11-8(14-7)9-12-5-2-1-3-6(5)13-9/h4H,1-3H2. The van der Waals surface area contributed by atoms with E-state index in [1.54, 1.807) is 9.81 Å². The van der Waals surface area contributed by atoms with Crippen LogP contribution >= 0.6 is 69.6 Å². The molecular formula is C9H7IS4. The Morgan fingerprint density at radius 1 is 1.00 bits per heavy atom. The number of rotatable bonds is 0. The molecule has 74 valence electrons. The van der Waals surface area contributed by atoms with Gasteiger partial charge in [0, 0.05) is 9.81 Å². The van der Waals surface area contributed by atoms with E-state index in [4.69, 9.17) is 0 Å². The molecular weight excluding hydrogens is 363 g/mol. The lowest BCUT2D eigenvalue weighted by atomic mass is 10.4. The largest absolute Gasteiger partial charge is 0.0873 e. The first-order valence-electron chi connectivity index (χ1n) is 4.35. The van der Waals surface area contributed by atoms with Crippen LogP contribution < -0.4 is 0 Å². The zero-order valence-electron chi connectivity index (χ0n) is 7.21. The summed E-state index contributed by atoms with van der Waals surface area (Å²) in [4.78, 5) is 3.31. The lowest BCUT2D eigenvalue weighted by molar-refractivity contribution is 0.921. The molecule has 0 aromatic rings. The zero-order valence-corrected chi connectivity index (χ0v) is 12.6. The van der Waals surface area contributed by atoms with Crippen molar-refractivity contribution in [2.24, 2.45) is 0 Å². The Morgan fingerprint density at radius 2 is 1.71 bits per heavy atom. The molecule has 0 atom stereocenters. The summed E-state index contributed by atoms with van der Waals surface area (Å²) in [5.41, 5.74) is 0. The molecule has 0 aromatic heterocycles. The molecule has 0 saturated carbocycles. The van der Waals surface area contributed by atoms with Gasteiger partial charge in [0.1, 0.15) is 0 Å². The van der Waals surface area contributed by atoms with E-state index in [2.05, 4.69) is 28.0 Å². The van der Waals surface area contributed by atoms with E-state index < -0.39 is 0 Å². The molecule has 2 heterocycles. The number of hydrogen-bond acceptors (Lipinski definition) is 4. The maximum Gasteiger partial charge on any atom is 0.0705 e. The van der Waals surface area contributed by atoms with Crippen LogP contribution in [0.4, 0.5) is 0 Å². The van der Waals surface area contributed by atoms with Crippen molar-refractivity contribution >= 4 is 69.6 Å². The van der Waals surface area contributed by atoms with Crippen molar-refractivity contribution in [2.45, 2.75) is 19.3 Å². The van der Waals surface area contributed by atoms with Gasteiger partial charge in [-0.2, -0.15) is 0 Å². The Bertz CT molecular complexity index is 362. The summed E-state index contributed by atoms with van der Waals surface area (Å²) in [5.74, 6) is 0. The third kappa shape index (κ3) is 1.95. The van der Waals surface area contributed by atoms with Gasteiger partial charge in [0.2, 0.25) is 0 Å². The molecule has 0 bridgehead atoms. The lowest BCUT2D eigenvalue weighted by Crippen LogP contribution is -1.71. The van der Waals surface area contributed by atoms with E-state index >= 15 is 0 Å². The summed E-state index contributed by atoms with van der Waals surface area (Å²) in [7, 11) is 0. The van der Waals surface area contributed by atoms with E-state index in [0.29, 0.717) is 0 Å². The van der Waals surface area contributed by atoms with Gasteiger partial charge in [-0.25, -0.2) is 0 Å². The highest BCUT2D eigenvalue weighted by molar-refractivity contribution is 14.1. The van der Waals surface area contributed by atoms with E-state index in [0.717, 1.165) is 0 Å². The van der Waals surface area contributed by atoms with Gasteiger partial charge in [0.05, 0.1) is 11.4 Å². The van der Waals surface area contributed by atoms with Crippen molar-refractivity contribution in [3.63, 3.8) is 0 Å². The van der Waals surface area contributed by atoms with Crippen LogP contribution in [0.2, 0.25) is 0 Å². The van der Waals surface area contributed by atoms with Crippen LogP contribution in [0.3, 0.4) is 0 Å². The lowest BCUT2D eigenvalue weighted by Gasteiger charge is -2.03. The quantitative estimate of drug-likeness (QED) is 0.501. The first-order chi connectivity index (χ1) is 6.83. The average molecular weight is 370 g/mol. The second kappa shape index (κ2) is 4.31. The molecule has 0 N–H and O–H groups in total. The monoisotopic (exact) mass is 370 g/mol. The summed E-state index contributed by atoms with van der Waals surface area (Å²) in [6, 6.07) is 0. The molecule has 0 aromatic carbocycles. The molecule has 0 unspecified atom stereocenters. The van der Waals surface area contributed by atoms with Gasteiger partial charge in [0.25, 0.3) is 0 Å². The highest BCUT2D eigenvalue weighted by atomic mass is 127. The van der Waals surface area contributed by atoms with Crippen LogP contribution in [0.5, 0.6) is 0 Å². The maximum atomic E-state index is 2.40. The number of allylic oxidation sites excluding steroid dienone is 2. The number of halogens is 1. The maximum absolute atomic E-state index is 2.40. The molecule has 0 saturated heterocycles. The van der Waals surface area contributed by atoms with E-state index in [-0.39, 0.29) is 0 Å². The number of hydrogen-bond donors (Lipinski definition) is 0. The molecule has 2 aliphatic heterocycles. The van der Waals surface area contributed by atoms with Crippen molar-refractivity contribution < 1.29 is 0 Å². The van der Waals surface area contributed by atoms with Crippen molar-refractivity contribution in [1.29, 1.82) is 0 Å². The molecule has 5 heteroatoms. The van der Waals surface area contributed by atoms with Gasteiger partial charge < -0.3 is 0 Å². The topological polar surface area (TPSA) is 0 Å². The van der Waals surface area contributed by atoms with Gasteiger partial charge in [-0.3, -0.25) is 0 Å². The van der Waals surface area contributed by atoms with Crippen LogP contribution in [0.15, 0.2) is 26.6 Å². The predicted octanol–water partition coefficient (Wildman–Crippen LogP) is 5.70. The third-order valence-electron chi connectivity index (χ3n) is 2.17. The minimum Gasteiger partial charge on any atom is -0.0873 e. The van der Waals surface area contributed by atoms with Crippen molar-refractivity contribution in [1.82, 2.24) is 0 Å². The fourth-order valence-electron chi connectivity index (χ4n) is 1.56. The van der Waals surface area contributed by atoms with Crippen LogP contribution in [0, 0.1) is 0 Å². The SMILES string of the molecule is IC1=CSC(=C2SC3=C(CCC3)S2)S1. The summed E-state index contributed by atoms with van der Waals surface area (Å²) in [6.45, 7) is 0. The van der Waals surface area contributed by atoms with Gasteiger partial charge in [-0.1, -0.05) is 47.0 Å². The molecule has 3 aliphatic rings. The number of thioether (sulfide) groups is 4. The Balaban J connectivity index is 1.79. The van der Waals surface area contributed by atoms with Crippen LogP contribution in [-0.2, 0) is 0 Å². The predicted molar refractivity (Wildman–Crippen MR) is 80.4 cm³/mol.